The van der Waals surface area contributed by atoms with Crippen LogP contribution >= 0.6 is 0 Å². The Balaban J connectivity index is 1.87. The number of halogens is 1. The molecule has 2 aromatic carbocycles. The second-order valence-electron chi connectivity index (χ2n) is 6.23. The molecule has 0 aromatic heterocycles. The predicted octanol–water partition coefficient (Wildman–Crippen LogP) is 2.72. The molecule has 0 saturated carbocycles. The van der Waals surface area contributed by atoms with E-state index in [1.54, 1.807) is 19.1 Å². The molecule has 3 rings (SSSR count). The number of carbonyl (C=O) groups excluding carboxylic acids is 1. The van der Waals surface area contributed by atoms with Crippen LogP contribution in [0.15, 0.2) is 36.4 Å². The maximum absolute atomic E-state index is 13.3. The van der Waals surface area contributed by atoms with Crippen molar-refractivity contribution < 1.29 is 14.3 Å². The lowest BCUT2D eigenvalue weighted by Gasteiger charge is -2.34. The summed E-state index contributed by atoms with van der Waals surface area (Å²) >= 11 is 0. The zero-order valence-electron chi connectivity index (χ0n) is 13.6. The maximum Gasteiger partial charge on any atom is 0.249 e. The number of β-amino-alcohol motifs (C(OH)–C–C–N with tert-alkyl or cyclic N) is 1. The van der Waals surface area contributed by atoms with E-state index in [1.807, 2.05) is 12.1 Å². The van der Waals surface area contributed by atoms with Gasteiger partial charge in [-0.1, -0.05) is 12.1 Å². The third kappa shape index (κ3) is 3.12. The number of hydrogen-bond donors (Lipinski definition) is 2. The van der Waals surface area contributed by atoms with Crippen LogP contribution in [0, 0.1) is 12.7 Å². The van der Waals surface area contributed by atoms with Crippen LogP contribution < -0.4 is 10.6 Å². The number of amides is 1. The summed E-state index contributed by atoms with van der Waals surface area (Å²) in [4.78, 5) is 13.7. The fraction of sp³-hybridized carbons (Fsp3) is 0.316. The van der Waals surface area contributed by atoms with Crippen molar-refractivity contribution in [2.45, 2.75) is 25.9 Å². The summed E-state index contributed by atoms with van der Waals surface area (Å²) in [6.45, 7) is 2.98. The lowest BCUT2D eigenvalue weighted by atomic mass is 9.95. The maximum atomic E-state index is 13.3. The summed E-state index contributed by atoms with van der Waals surface area (Å²) < 4.78 is 13.3. The summed E-state index contributed by atoms with van der Waals surface area (Å²) in [5, 5.41) is 10.6. The lowest BCUT2D eigenvalue weighted by Crippen LogP contribution is -2.34. The number of primary amides is 1. The van der Waals surface area contributed by atoms with E-state index in [1.165, 1.54) is 12.1 Å². The first-order valence-electron chi connectivity index (χ1n) is 8.08. The van der Waals surface area contributed by atoms with Crippen molar-refractivity contribution in [2.24, 2.45) is 5.73 Å². The first-order chi connectivity index (χ1) is 11.5. The molecule has 1 atom stereocenters. The van der Waals surface area contributed by atoms with Gasteiger partial charge in [0.1, 0.15) is 5.82 Å². The van der Waals surface area contributed by atoms with E-state index in [0.29, 0.717) is 12.1 Å². The molecule has 1 heterocycles. The van der Waals surface area contributed by atoms with Gasteiger partial charge in [-0.3, -0.25) is 4.79 Å². The van der Waals surface area contributed by atoms with Crippen LogP contribution in [0.5, 0.6) is 0 Å². The average molecular weight is 328 g/mol. The molecule has 2 aromatic rings. The average Bonchev–Trinajstić information content (AvgIpc) is 2.54. The second-order valence-corrected chi connectivity index (χ2v) is 6.23. The number of aliphatic hydroxyl groups is 1. The molecule has 0 saturated heterocycles. The van der Waals surface area contributed by atoms with Gasteiger partial charge in [-0.05, 0) is 60.7 Å². The monoisotopic (exact) mass is 328 g/mol. The van der Waals surface area contributed by atoms with Crippen molar-refractivity contribution in [3.05, 3.63) is 64.5 Å². The summed E-state index contributed by atoms with van der Waals surface area (Å²) in [6, 6.07) is 9.91. The summed E-state index contributed by atoms with van der Waals surface area (Å²) in [7, 11) is 0. The van der Waals surface area contributed by atoms with E-state index in [0.717, 1.165) is 41.8 Å². The van der Waals surface area contributed by atoms with Gasteiger partial charge in [0.2, 0.25) is 5.91 Å². The minimum atomic E-state index is -0.728. The quantitative estimate of drug-likeness (QED) is 0.907. The van der Waals surface area contributed by atoms with Crippen molar-refractivity contribution in [3.63, 3.8) is 0 Å². The topological polar surface area (TPSA) is 66.6 Å². The standard InChI is InChI=1S/C19H21FN2O2/c1-12-10-13(20)7-8-14(12)18(23)11-22-9-3-5-15-16(19(21)24)4-2-6-17(15)22/h2,4,6-8,10,18,23H,3,5,9,11H2,1H3,(H2,21,24). The highest BCUT2D eigenvalue weighted by Gasteiger charge is 2.23. The molecule has 1 amide bonds. The van der Waals surface area contributed by atoms with Gasteiger partial charge in [0, 0.05) is 24.3 Å². The highest BCUT2D eigenvalue weighted by Crippen LogP contribution is 2.31. The predicted molar refractivity (Wildman–Crippen MR) is 91.6 cm³/mol. The number of nitrogens with two attached hydrogens (primary N) is 1. The molecule has 0 bridgehead atoms. The van der Waals surface area contributed by atoms with Gasteiger partial charge in [0.25, 0.3) is 0 Å². The lowest BCUT2D eigenvalue weighted by molar-refractivity contribution is 0.0999. The summed E-state index contributed by atoms with van der Waals surface area (Å²) in [6.07, 6.45) is 0.969. The molecule has 0 spiro atoms. The highest BCUT2D eigenvalue weighted by molar-refractivity contribution is 5.96. The molecule has 0 fully saturated rings. The molecule has 126 valence electrons. The Labute approximate surface area is 140 Å². The Hall–Kier alpha value is -2.40. The van der Waals surface area contributed by atoms with Crippen LogP contribution in [0.4, 0.5) is 10.1 Å². The number of benzene rings is 2. The molecular weight excluding hydrogens is 307 g/mol. The second kappa shape index (κ2) is 6.61. The minimum absolute atomic E-state index is 0.308. The van der Waals surface area contributed by atoms with Gasteiger partial charge in [-0.2, -0.15) is 0 Å². The molecule has 5 heteroatoms. The van der Waals surface area contributed by atoms with Crippen LogP contribution in [0.1, 0.15) is 39.6 Å². The Bertz CT molecular complexity index is 776. The largest absolute Gasteiger partial charge is 0.387 e. The molecule has 0 aliphatic carbocycles. The first-order valence-corrected chi connectivity index (χ1v) is 8.08. The van der Waals surface area contributed by atoms with E-state index in [-0.39, 0.29) is 5.82 Å². The van der Waals surface area contributed by atoms with Crippen LogP contribution in [-0.4, -0.2) is 24.1 Å². The van der Waals surface area contributed by atoms with Gasteiger partial charge in [0.15, 0.2) is 0 Å². The van der Waals surface area contributed by atoms with Gasteiger partial charge < -0.3 is 15.7 Å². The van der Waals surface area contributed by atoms with E-state index < -0.39 is 12.0 Å². The molecule has 24 heavy (non-hydrogen) atoms. The molecule has 1 aliphatic rings. The van der Waals surface area contributed by atoms with Gasteiger partial charge >= 0.3 is 0 Å². The highest BCUT2D eigenvalue weighted by atomic mass is 19.1. The van der Waals surface area contributed by atoms with Crippen LogP contribution in [-0.2, 0) is 6.42 Å². The number of aliphatic hydroxyl groups excluding tert-OH is 1. The van der Waals surface area contributed by atoms with Crippen LogP contribution in [0.25, 0.3) is 0 Å². The van der Waals surface area contributed by atoms with Crippen molar-refractivity contribution in [2.75, 3.05) is 18.0 Å². The number of aryl methyl sites for hydroxylation is 1. The first kappa shape index (κ1) is 16.5. The van der Waals surface area contributed by atoms with E-state index in [2.05, 4.69) is 4.90 Å². The molecule has 1 unspecified atom stereocenters. The molecular formula is C19H21FN2O2. The van der Waals surface area contributed by atoms with Crippen molar-refractivity contribution in [3.8, 4) is 0 Å². The summed E-state index contributed by atoms with van der Waals surface area (Å²) in [5.41, 5.74) is 9.34. The molecule has 3 N–H and O–H groups in total. The van der Waals surface area contributed by atoms with Crippen molar-refractivity contribution in [1.82, 2.24) is 0 Å². The van der Waals surface area contributed by atoms with Gasteiger partial charge in [0.05, 0.1) is 6.10 Å². The van der Waals surface area contributed by atoms with Crippen molar-refractivity contribution >= 4 is 11.6 Å². The Morgan fingerprint density at radius 2 is 2.17 bits per heavy atom. The number of fused-ring (bicyclic) bond motifs is 1. The zero-order valence-corrected chi connectivity index (χ0v) is 13.6. The Morgan fingerprint density at radius 3 is 2.88 bits per heavy atom. The fourth-order valence-corrected chi connectivity index (χ4v) is 3.44. The molecule has 1 aliphatic heterocycles. The van der Waals surface area contributed by atoms with Crippen molar-refractivity contribution in [1.29, 1.82) is 0 Å². The molecule has 0 radical (unpaired) electrons. The van der Waals surface area contributed by atoms with E-state index in [9.17, 15) is 14.3 Å². The minimum Gasteiger partial charge on any atom is -0.387 e. The number of hydrogen-bond acceptors (Lipinski definition) is 3. The number of anilines is 1. The van der Waals surface area contributed by atoms with Crippen LogP contribution in [0.2, 0.25) is 0 Å². The van der Waals surface area contributed by atoms with Gasteiger partial charge in [-0.25, -0.2) is 4.39 Å². The van der Waals surface area contributed by atoms with E-state index >= 15 is 0 Å². The third-order valence-electron chi connectivity index (χ3n) is 4.60. The summed E-state index contributed by atoms with van der Waals surface area (Å²) in [5.74, 6) is -0.735. The number of carbonyl (C=O) groups is 1. The van der Waals surface area contributed by atoms with E-state index in [4.69, 9.17) is 5.73 Å². The fourth-order valence-electron chi connectivity index (χ4n) is 3.44. The smallest absolute Gasteiger partial charge is 0.249 e. The zero-order chi connectivity index (χ0) is 17.3. The number of nitrogens with zero attached hydrogens (tertiary/aromatic N) is 1. The van der Waals surface area contributed by atoms with Crippen LogP contribution in [0.3, 0.4) is 0 Å². The SMILES string of the molecule is Cc1cc(F)ccc1C(O)CN1CCCc2c(C(N)=O)cccc21. The van der Waals surface area contributed by atoms with Gasteiger partial charge in [-0.15, -0.1) is 0 Å². The Kier molecular flexibility index (Phi) is 4.53. The molecule has 4 nitrogen and oxygen atoms in total. The normalized spacial score (nSPS) is 15.0. The Morgan fingerprint density at radius 1 is 1.38 bits per heavy atom. The number of rotatable bonds is 4. The third-order valence-corrected chi connectivity index (χ3v) is 4.60.